The first kappa shape index (κ1) is 30.4. The van der Waals surface area contributed by atoms with Crippen molar-refractivity contribution < 1.29 is 0 Å². The van der Waals surface area contributed by atoms with E-state index in [1.165, 1.54) is 89.3 Å². The molecule has 0 bridgehead atoms. The van der Waals surface area contributed by atoms with Crippen molar-refractivity contribution in [2.75, 3.05) is 4.90 Å². The van der Waals surface area contributed by atoms with Crippen molar-refractivity contribution in [2.45, 2.75) is 37.5 Å². The van der Waals surface area contributed by atoms with Crippen LogP contribution in [0.5, 0.6) is 0 Å². The molecule has 1 heteroatoms. The number of hydrogen-bond acceptors (Lipinski definition) is 1. The van der Waals surface area contributed by atoms with Gasteiger partial charge in [-0.3, -0.25) is 0 Å². The van der Waals surface area contributed by atoms with Crippen molar-refractivity contribution >= 4 is 22.6 Å². The number of nitrogens with zero attached hydrogens (tertiary/aromatic N) is 1. The molecule has 0 radical (unpaired) electrons. The Hall–Kier alpha value is -6.18. The first-order valence-corrected chi connectivity index (χ1v) is 19.0. The van der Waals surface area contributed by atoms with Crippen LogP contribution in [-0.2, 0) is 10.8 Å². The topological polar surface area (TPSA) is 3.24 Å². The van der Waals surface area contributed by atoms with Crippen molar-refractivity contribution in [1.29, 1.82) is 0 Å². The highest BCUT2D eigenvalue weighted by molar-refractivity contribution is 6.01. The maximum Gasteiger partial charge on any atom is 0.0726 e. The third-order valence-electron chi connectivity index (χ3n) is 12.6. The van der Waals surface area contributed by atoms with Crippen LogP contribution < -0.4 is 4.90 Å². The van der Waals surface area contributed by atoms with Crippen LogP contribution >= 0.6 is 0 Å². The molecule has 0 saturated carbocycles. The first-order valence-electron chi connectivity index (χ1n) is 19.0. The molecule has 0 saturated heterocycles. The fourth-order valence-electron chi connectivity index (χ4n) is 10.3. The summed E-state index contributed by atoms with van der Waals surface area (Å²) in [4.78, 5) is 2.53. The van der Waals surface area contributed by atoms with Gasteiger partial charge in [0, 0.05) is 22.4 Å². The minimum Gasteiger partial charge on any atom is -0.310 e. The second-order valence-corrected chi connectivity index (χ2v) is 15.5. The summed E-state index contributed by atoms with van der Waals surface area (Å²) in [6.45, 7) is 4.81. The summed E-state index contributed by atoms with van der Waals surface area (Å²) in [5, 5.41) is 0. The monoisotopic (exact) mass is 677 g/mol. The van der Waals surface area contributed by atoms with Crippen molar-refractivity contribution in [3.63, 3.8) is 0 Å². The summed E-state index contributed by atoms with van der Waals surface area (Å²) in [5.74, 6) is 0. The molecule has 1 nitrogen and oxygen atoms in total. The Bertz CT molecular complexity index is 2640. The minimum atomic E-state index is -0.396. The van der Waals surface area contributed by atoms with E-state index < -0.39 is 5.41 Å². The zero-order valence-corrected chi connectivity index (χ0v) is 30.1. The maximum absolute atomic E-state index is 2.53. The van der Waals surface area contributed by atoms with Gasteiger partial charge in [-0.1, -0.05) is 159 Å². The average Bonchev–Trinajstić information content (AvgIpc) is 3.78. The summed E-state index contributed by atoms with van der Waals surface area (Å²) in [6, 6.07) is 61.5. The Kier molecular flexibility index (Phi) is 6.41. The second kappa shape index (κ2) is 11.2. The fourth-order valence-corrected chi connectivity index (χ4v) is 10.3. The summed E-state index contributed by atoms with van der Waals surface area (Å²) in [5.41, 5.74) is 22.1. The van der Waals surface area contributed by atoms with Gasteiger partial charge in [0.1, 0.15) is 0 Å². The average molecular weight is 678 g/mol. The summed E-state index contributed by atoms with van der Waals surface area (Å²) in [7, 11) is 0. The number of allylic oxidation sites excluding steroid dienone is 4. The SMILES string of the molecule is CC1(C)C2=C(CCC=C2)c2ccc(N(c3ccc(-c4ccccc4)cc3)c3cccc4c3-c3ccccc3C43c4ccccc4-c4ccccc43)cc21. The summed E-state index contributed by atoms with van der Waals surface area (Å²) < 4.78 is 0. The summed E-state index contributed by atoms with van der Waals surface area (Å²) >= 11 is 0. The molecular formula is C52H39N. The highest BCUT2D eigenvalue weighted by Gasteiger charge is 2.52. The normalized spacial score (nSPS) is 16.1. The van der Waals surface area contributed by atoms with Crippen LogP contribution in [0.15, 0.2) is 182 Å². The predicted octanol–water partition coefficient (Wildman–Crippen LogP) is 13.6. The van der Waals surface area contributed by atoms with Gasteiger partial charge < -0.3 is 4.90 Å². The lowest BCUT2D eigenvalue weighted by molar-refractivity contribution is 0.651. The molecule has 7 aromatic rings. The van der Waals surface area contributed by atoms with E-state index in [2.05, 4.69) is 195 Å². The molecular weight excluding hydrogens is 639 g/mol. The minimum absolute atomic E-state index is 0.0625. The molecule has 53 heavy (non-hydrogen) atoms. The fraction of sp³-hybridized carbons (Fsp3) is 0.115. The molecule has 4 aliphatic rings. The molecule has 4 aliphatic carbocycles. The van der Waals surface area contributed by atoms with Gasteiger partial charge in [-0.15, -0.1) is 0 Å². The number of benzene rings is 7. The summed E-state index contributed by atoms with van der Waals surface area (Å²) in [6.07, 6.45) is 6.96. The van der Waals surface area contributed by atoms with Crippen LogP contribution in [0.4, 0.5) is 17.1 Å². The third-order valence-corrected chi connectivity index (χ3v) is 12.6. The zero-order chi connectivity index (χ0) is 35.3. The van der Waals surface area contributed by atoms with Gasteiger partial charge in [-0.25, -0.2) is 0 Å². The van der Waals surface area contributed by atoms with Gasteiger partial charge in [0.2, 0.25) is 0 Å². The number of hydrogen-bond donors (Lipinski definition) is 0. The molecule has 0 N–H and O–H groups in total. The zero-order valence-electron chi connectivity index (χ0n) is 30.1. The second-order valence-electron chi connectivity index (χ2n) is 15.5. The van der Waals surface area contributed by atoms with Crippen molar-refractivity contribution in [2.24, 2.45) is 0 Å². The largest absolute Gasteiger partial charge is 0.310 e. The van der Waals surface area contributed by atoms with Gasteiger partial charge >= 0.3 is 0 Å². The lowest BCUT2D eigenvalue weighted by atomic mass is 9.70. The molecule has 0 aliphatic heterocycles. The van der Waals surface area contributed by atoms with E-state index in [-0.39, 0.29) is 5.41 Å². The van der Waals surface area contributed by atoms with E-state index in [0.717, 1.165) is 18.5 Å². The molecule has 0 unspecified atom stereocenters. The molecule has 0 amide bonds. The van der Waals surface area contributed by atoms with Crippen molar-refractivity contribution in [1.82, 2.24) is 0 Å². The molecule has 11 rings (SSSR count). The van der Waals surface area contributed by atoms with Gasteiger partial charge in [0.25, 0.3) is 0 Å². The van der Waals surface area contributed by atoms with Crippen LogP contribution in [-0.4, -0.2) is 0 Å². The number of rotatable bonds is 4. The van der Waals surface area contributed by atoms with Crippen molar-refractivity contribution in [3.05, 3.63) is 215 Å². The van der Waals surface area contributed by atoms with Crippen LogP contribution in [0, 0.1) is 0 Å². The molecule has 252 valence electrons. The predicted molar refractivity (Wildman–Crippen MR) is 221 cm³/mol. The standard InChI is InChI=1S/C52H39N/c1-51(2)43-21-10-6-17-38(43)41-32-31-37(33-48(41)51)53(36-29-27-35(28-30-36)34-15-4-3-5-16-34)49-26-14-25-47-50(49)42-20-9-13-24-46(42)52(47)44-22-11-7-18-39(44)40-19-8-12-23-45(40)52/h3-5,7-16,18-33H,6,17H2,1-2H3. The van der Waals surface area contributed by atoms with Crippen LogP contribution in [0.1, 0.15) is 60.1 Å². The van der Waals surface area contributed by atoms with Crippen molar-refractivity contribution in [3.8, 4) is 33.4 Å². The smallest absolute Gasteiger partial charge is 0.0726 e. The third kappa shape index (κ3) is 4.08. The number of fused-ring (bicyclic) bond motifs is 12. The Morgan fingerprint density at radius 2 is 1.06 bits per heavy atom. The Morgan fingerprint density at radius 3 is 1.77 bits per heavy atom. The number of anilines is 3. The molecule has 0 heterocycles. The van der Waals surface area contributed by atoms with E-state index in [1.54, 1.807) is 0 Å². The molecule has 7 aromatic carbocycles. The Morgan fingerprint density at radius 1 is 0.472 bits per heavy atom. The quantitative estimate of drug-likeness (QED) is 0.179. The van der Waals surface area contributed by atoms with E-state index in [4.69, 9.17) is 0 Å². The van der Waals surface area contributed by atoms with Crippen LogP contribution in [0.25, 0.3) is 39.0 Å². The highest BCUT2D eigenvalue weighted by Crippen LogP contribution is 2.64. The van der Waals surface area contributed by atoms with Gasteiger partial charge in [-0.2, -0.15) is 0 Å². The molecule has 0 fully saturated rings. The lowest BCUT2D eigenvalue weighted by Gasteiger charge is -2.32. The van der Waals surface area contributed by atoms with E-state index >= 15 is 0 Å². The van der Waals surface area contributed by atoms with Crippen LogP contribution in [0.2, 0.25) is 0 Å². The van der Waals surface area contributed by atoms with Gasteiger partial charge in [0.15, 0.2) is 0 Å². The Labute approximate surface area is 312 Å². The molecule has 0 aromatic heterocycles. The van der Waals surface area contributed by atoms with Gasteiger partial charge in [0.05, 0.1) is 11.1 Å². The van der Waals surface area contributed by atoms with Gasteiger partial charge in [-0.05, 0) is 116 Å². The van der Waals surface area contributed by atoms with E-state index in [9.17, 15) is 0 Å². The van der Waals surface area contributed by atoms with E-state index in [0.29, 0.717) is 0 Å². The maximum atomic E-state index is 2.53. The van der Waals surface area contributed by atoms with E-state index in [1.807, 2.05) is 0 Å². The Balaban J connectivity index is 1.18. The van der Waals surface area contributed by atoms with Crippen LogP contribution in [0.3, 0.4) is 0 Å². The first-order chi connectivity index (χ1) is 26.1. The highest BCUT2D eigenvalue weighted by atomic mass is 15.1. The lowest BCUT2D eigenvalue weighted by Crippen LogP contribution is -2.26. The molecule has 0 atom stereocenters. The molecule has 1 spiro atoms.